The smallest absolute Gasteiger partial charge is 0.279 e. The summed E-state index contributed by atoms with van der Waals surface area (Å²) in [5, 5.41) is 5.85. The minimum absolute atomic E-state index is 0.0862. The van der Waals surface area contributed by atoms with E-state index in [1.54, 1.807) is 18.2 Å². The molecule has 1 aliphatic carbocycles. The second-order valence-electron chi connectivity index (χ2n) is 7.75. The molecule has 2 amide bonds. The van der Waals surface area contributed by atoms with E-state index in [4.69, 9.17) is 9.47 Å². The van der Waals surface area contributed by atoms with E-state index < -0.39 is 0 Å². The third kappa shape index (κ3) is 4.91. The highest BCUT2D eigenvalue weighted by atomic mass is 16.6. The molecular weight excluding hydrogens is 382 g/mol. The van der Waals surface area contributed by atoms with Gasteiger partial charge in [0.1, 0.15) is 13.2 Å². The highest BCUT2D eigenvalue weighted by Gasteiger charge is 2.19. The van der Waals surface area contributed by atoms with Crippen LogP contribution in [0.4, 0.5) is 11.4 Å². The Morgan fingerprint density at radius 1 is 0.867 bits per heavy atom. The summed E-state index contributed by atoms with van der Waals surface area (Å²) < 4.78 is 11.0. The maximum Gasteiger partial charge on any atom is 0.279 e. The van der Waals surface area contributed by atoms with Crippen molar-refractivity contribution in [2.75, 3.05) is 43.5 Å². The summed E-state index contributed by atoms with van der Waals surface area (Å²) in [5.41, 5.74) is 4.19. The molecule has 0 aromatic heterocycles. The minimum Gasteiger partial charge on any atom is -0.486 e. The average Bonchev–Trinajstić information content (AvgIpc) is 3.21. The predicted octanol–water partition coefficient (Wildman–Crippen LogP) is 1.43. The number of hydrogen-bond acceptors (Lipinski definition) is 4. The van der Waals surface area contributed by atoms with Gasteiger partial charge >= 0.3 is 0 Å². The van der Waals surface area contributed by atoms with Crippen molar-refractivity contribution in [2.45, 2.75) is 26.2 Å². The minimum atomic E-state index is -0.145. The summed E-state index contributed by atoms with van der Waals surface area (Å²) in [7, 11) is 0. The largest absolute Gasteiger partial charge is 0.486 e. The van der Waals surface area contributed by atoms with Crippen LogP contribution in [0.5, 0.6) is 11.5 Å². The van der Waals surface area contributed by atoms with Crippen LogP contribution in [-0.2, 0) is 22.4 Å². The molecule has 0 bridgehead atoms. The Bertz CT molecular complexity index is 944. The van der Waals surface area contributed by atoms with Gasteiger partial charge in [-0.05, 0) is 61.6 Å². The first kappa shape index (κ1) is 20.2. The molecule has 1 aliphatic heterocycles. The van der Waals surface area contributed by atoms with Crippen LogP contribution >= 0.6 is 0 Å². The number of nitrogens with one attached hydrogen (secondary N) is 3. The van der Waals surface area contributed by atoms with E-state index in [9.17, 15) is 9.59 Å². The molecule has 2 aliphatic rings. The van der Waals surface area contributed by atoms with Gasteiger partial charge in [0.05, 0.1) is 6.54 Å². The topological polar surface area (TPSA) is 81.1 Å². The normalized spacial score (nSPS) is 15.2. The Hall–Kier alpha value is -3.06. The molecule has 7 heteroatoms. The average molecular weight is 410 g/mol. The van der Waals surface area contributed by atoms with Crippen molar-refractivity contribution < 1.29 is 24.0 Å². The van der Waals surface area contributed by atoms with Crippen LogP contribution in [0, 0.1) is 0 Å². The molecule has 4 rings (SSSR count). The first-order valence-corrected chi connectivity index (χ1v) is 10.6. The van der Waals surface area contributed by atoms with Crippen molar-refractivity contribution in [3.63, 3.8) is 0 Å². The summed E-state index contributed by atoms with van der Waals surface area (Å²) in [5.74, 6) is 1.08. The van der Waals surface area contributed by atoms with E-state index >= 15 is 0 Å². The second-order valence-corrected chi connectivity index (χ2v) is 7.75. The number of aryl methyl sites for hydroxylation is 2. The van der Waals surface area contributed by atoms with Gasteiger partial charge in [0.15, 0.2) is 24.6 Å². The molecule has 158 valence electrons. The monoisotopic (exact) mass is 410 g/mol. The lowest BCUT2D eigenvalue weighted by Gasteiger charge is -2.20. The van der Waals surface area contributed by atoms with Gasteiger partial charge in [-0.1, -0.05) is 6.07 Å². The van der Waals surface area contributed by atoms with E-state index in [2.05, 4.69) is 22.8 Å². The lowest BCUT2D eigenvalue weighted by Crippen LogP contribution is -3.13. The molecule has 7 nitrogen and oxygen atoms in total. The molecule has 2 aromatic rings. The standard InChI is InChI=1S/C23H27N3O4/c1-2-26(14-22(27)24-18-7-6-16-4-3-5-17(16)12-18)15-23(28)25-19-8-9-20-21(13-19)30-11-10-29-20/h6-9,12-13H,2-5,10-11,14-15H2,1H3,(H,24,27)(H,25,28)/p+1. The quantitative estimate of drug-likeness (QED) is 0.645. The molecule has 1 unspecified atom stereocenters. The fourth-order valence-corrected chi connectivity index (χ4v) is 3.95. The zero-order valence-corrected chi connectivity index (χ0v) is 17.3. The number of carbonyl (C=O) groups excluding carboxylic acids is 2. The number of likely N-dealkylation sites (N-methyl/N-ethyl adjacent to an activating group) is 1. The predicted molar refractivity (Wildman–Crippen MR) is 114 cm³/mol. The van der Waals surface area contributed by atoms with Gasteiger partial charge in [-0.2, -0.15) is 0 Å². The van der Waals surface area contributed by atoms with Crippen molar-refractivity contribution in [3.05, 3.63) is 47.5 Å². The number of anilines is 2. The SMILES string of the molecule is CC[NH+](CC(=O)Nc1ccc2c(c1)CCC2)CC(=O)Nc1ccc2c(c1)OCCO2. The number of quaternary nitrogens is 1. The van der Waals surface area contributed by atoms with Crippen molar-refractivity contribution in [2.24, 2.45) is 0 Å². The van der Waals surface area contributed by atoms with Gasteiger partial charge in [0.2, 0.25) is 0 Å². The maximum absolute atomic E-state index is 12.5. The van der Waals surface area contributed by atoms with Crippen LogP contribution < -0.4 is 25.0 Å². The summed E-state index contributed by atoms with van der Waals surface area (Å²) in [6, 6.07) is 11.5. The Morgan fingerprint density at radius 2 is 1.50 bits per heavy atom. The zero-order chi connectivity index (χ0) is 20.9. The van der Waals surface area contributed by atoms with Gasteiger partial charge in [-0.15, -0.1) is 0 Å². The Labute approximate surface area is 176 Å². The van der Waals surface area contributed by atoms with Gasteiger partial charge in [-0.25, -0.2) is 0 Å². The van der Waals surface area contributed by atoms with Crippen LogP contribution in [-0.4, -0.2) is 44.7 Å². The summed E-state index contributed by atoms with van der Waals surface area (Å²) in [6.45, 7) is 4.12. The van der Waals surface area contributed by atoms with Crippen LogP contribution in [0.3, 0.4) is 0 Å². The molecule has 0 saturated heterocycles. The third-order valence-electron chi connectivity index (χ3n) is 5.53. The van der Waals surface area contributed by atoms with Gasteiger partial charge < -0.3 is 25.0 Å². The first-order valence-electron chi connectivity index (χ1n) is 10.6. The van der Waals surface area contributed by atoms with E-state index in [1.165, 1.54) is 17.5 Å². The van der Waals surface area contributed by atoms with Crippen molar-refractivity contribution in [1.82, 2.24) is 0 Å². The molecule has 0 saturated carbocycles. The van der Waals surface area contributed by atoms with E-state index in [-0.39, 0.29) is 24.9 Å². The molecule has 30 heavy (non-hydrogen) atoms. The Morgan fingerprint density at radius 3 is 2.23 bits per heavy atom. The second kappa shape index (κ2) is 9.17. The molecule has 0 spiro atoms. The Balaban J connectivity index is 1.29. The number of rotatable bonds is 7. The highest BCUT2D eigenvalue weighted by molar-refractivity contribution is 5.93. The number of fused-ring (bicyclic) bond motifs is 2. The maximum atomic E-state index is 12.5. The van der Waals surface area contributed by atoms with Gasteiger partial charge in [-0.3, -0.25) is 9.59 Å². The van der Waals surface area contributed by atoms with E-state index in [0.717, 1.165) is 23.4 Å². The van der Waals surface area contributed by atoms with Gasteiger partial charge in [0, 0.05) is 17.4 Å². The molecule has 0 radical (unpaired) electrons. The molecule has 3 N–H and O–H groups in total. The van der Waals surface area contributed by atoms with E-state index in [0.29, 0.717) is 36.9 Å². The first-order chi connectivity index (χ1) is 14.6. The lowest BCUT2D eigenvalue weighted by atomic mass is 10.1. The van der Waals surface area contributed by atoms with Crippen LogP contribution in [0.1, 0.15) is 24.5 Å². The number of amides is 2. The third-order valence-corrected chi connectivity index (χ3v) is 5.53. The highest BCUT2D eigenvalue weighted by Crippen LogP contribution is 2.32. The molecule has 1 atom stereocenters. The fraction of sp³-hybridized carbons (Fsp3) is 0.391. The summed E-state index contributed by atoms with van der Waals surface area (Å²) in [6.07, 6.45) is 3.38. The number of carbonyl (C=O) groups is 2. The van der Waals surface area contributed by atoms with Gasteiger partial charge in [0.25, 0.3) is 11.8 Å². The van der Waals surface area contributed by atoms with Crippen LogP contribution in [0.15, 0.2) is 36.4 Å². The number of ether oxygens (including phenoxy) is 2. The molecule has 0 fully saturated rings. The van der Waals surface area contributed by atoms with Crippen LogP contribution in [0.2, 0.25) is 0 Å². The number of hydrogen-bond donors (Lipinski definition) is 3. The van der Waals surface area contributed by atoms with Crippen LogP contribution in [0.25, 0.3) is 0 Å². The van der Waals surface area contributed by atoms with Crippen molar-refractivity contribution in [1.29, 1.82) is 0 Å². The summed E-state index contributed by atoms with van der Waals surface area (Å²) in [4.78, 5) is 25.9. The zero-order valence-electron chi connectivity index (χ0n) is 17.3. The van der Waals surface area contributed by atoms with Crippen molar-refractivity contribution >= 4 is 23.2 Å². The summed E-state index contributed by atoms with van der Waals surface area (Å²) >= 11 is 0. The lowest BCUT2D eigenvalue weighted by molar-refractivity contribution is -0.881. The molecule has 2 aromatic carbocycles. The van der Waals surface area contributed by atoms with Crippen molar-refractivity contribution in [3.8, 4) is 11.5 Å². The number of benzene rings is 2. The molecular formula is C23H28N3O4+. The molecule has 1 heterocycles. The fourth-order valence-electron chi connectivity index (χ4n) is 3.95. The Kier molecular flexibility index (Phi) is 6.18. The van der Waals surface area contributed by atoms with E-state index in [1.807, 2.05) is 13.0 Å².